The predicted octanol–water partition coefficient (Wildman–Crippen LogP) is 5.03. The number of carbonyl (C=O) groups is 1. The highest BCUT2D eigenvalue weighted by atomic mass is 35.5. The zero-order valence-electron chi connectivity index (χ0n) is 20.3. The molecule has 1 fully saturated rings. The number of aryl methyl sites for hydroxylation is 1. The third kappa shape index (κ3) is 5.33. The summed E-state index contributed by atoms with van der Waals surface area (Å²) in [7, 11) is -3.56. The van der Waals surface area contributed by atoms with E-state index in [9.17, 15) is 13.2 Å². The average molecular weight is 535 g/mol. The molecule has 4 rings (SSSR count). The molecule has 10 heteroatoms. The number of amides is 1. The molecule has 2 heterocycles. The molecule has 0 N–H and O–H groups in total. The van der Waals surface area contributed by atoms with E-state index in [2.05, 4.69) is 4.90 Å². The van der Waals surface area contributed by atoms with Gasteiger partial charge in [0.25, 0.3) is 5.91 Å². The van der Waals surface area contributed by atoms with E-state index in [0.717, 1.165) is 33.8 Å². The van der Waals surface area contributed by atoms with Crippen molar-refractivity contribution in [3.8, 4) is 0 Å². The van der Waals surface area contributed by atoms with Crippen LogP contribution in [-0.2, 0) is 10.0 Å². The standard InChI is InChI=1S/C25H31ClN4O3S2/c1-4-12-30(13-5-2)35(32,33)20-8-6-19(7-9-20)24(31)28-14-16-29(17-15-28)25-27-23-18(3)21(26)10-11-22(23)34-25/h6-11H,4-5,12-17H2,1-3H3. The summed E-state index contributed by atoms with van der Waals surface area (Å²) in [6.07, 6.45) is 1.51. The number of aromatic nitrogens is 1. The Kier molecular flexibility index (Phi) is 8.00. The van der Waals surface area contributed by atoms with Gasteiger partial charge in [-0.05, 0) is 61.7 Å². The molecule has 2 aromatic carbocycles. The number of benzene rings is 2. The van der Waals surface area contributed by atoms with Crippen LogP contribution in [0.25, 0.3) is 10.2 Å². The van der Waals surface area contributed by atoms with Gasteiger partial charge in [0.1, 0.15) is 0 Å². The van der Waals surface area contributed by atoms with E-state index in [1.54, 1.807) is 35.6 Å². The zero-order chi connectivity index (χ0) is 25.2. The molecule has 0 bridgehead atoms. The summed E-state index contributed by atoms with van der Waals surface area (Å²) in [4.78, 5) is 22.1. The minimum absolute atomic E-state index is 0.0838. The second kappa shape index (κ2) is 10.8. The highest BCUT2D eigenvalue weighted by molar-refractivity contribution is 7.89. The Labute approximate surface area is 216 Å². The molecule has 35 heavy (non-hydrogen) atoms. The topological polar surface area (TPSA) is 73.8 Å². The van der Waals surface area contributed by atoms with Gasteiger partial charge < -0.3 is 9.80 Å². The van der Waals surface area contributed by atoms with E-state index in [4.69, 9.17) is 16.6 Å². The largest absolute Gasteiger partial charge is 0.345 e. The van der Waals surface area contributed by atoms with Crippen molar-refractivity contribution in [1.82, 2.24) is 14.2 Å². The second-order valence-corrected chi connectivity index (χ2v) is 12.1. The van der Waals surface area contributed by atoms with Crippen molar-refractivity contribution in [3.63, 3.8) is 0 Å². The molecule has 1 aromatic heterocycles. The van der Waals surface area contributed by atoms with Gasteiger partial charge in [-0.1, -0.05) is 36.8 Å². The predicted molar refractivity (Wildman–Crippen MR) is 143 cm³/mol. The first-order valence-corrected chi connectivity index (χ1v) is 14.6. The third-order valence-electron chi connectivity index (χ3n) is 6.26. The van der Waals surface area contributed by atoms with Crippen molar-refractivity contribution in [2.24, 2.45) is 0 Å². The molecule has 0 radical (unpaired) electrons. The van der Waals surface area contributed by atoms with Gasteiger partial charge in [-0.2, -0.15) is 4.31 Å². The maximum absolute atomic E-state index is 13.1. The molecular weight excluding hydrogens is 504 g/mol. The monoisotopic (exact) mass is 534 g/mol. The van der Waals surface area contributed by atoms with Crippen molar-refractivity contribution in [3.05, 3.63) is 52.5 Å². The molecule has 3 aromatic rings. The van der Waals surface area contributed by atoms with Crippen LogP contribution >= 0.6 is 22.9 Å². The Morgan fingerprint density at radius 1 is 1.03 bits per heavy atom. The van der Waals surface area contributed by atoms with E-state index in [1.165, 1.54) is 4.31 Å². The lowest BCUT2D eigenvalue weighted by Crippen LogP contribution is -2.48. The quantitative estimate of drug-likeness (QED) is 0.405. The summed E-state index contributed by atoms with van der Waals surface area (Å²) >= 11 is 7.88. The fourth-order valence-corrected chi connectivity index (χ4v) is 7.13. The molecule has 1 aliphatic heterocycles. The van der Waals surface area contributed by atoms with Gasteiger partial charge in [-0.25, -0.2) is 13.4 Å². The van der Waals surface area contributed by atoms with Crippen molar-refractivity contribution < 1.29 is 13.2 Å². The molecule has 1 aliphatic rings. The lowest BCUT2D eigenvalue weighted by molar-refractivity contribution is 0.0746. The lowest BCUT2D eigenvalue weighted by atomic mass is 10.2. The minimum atomic E-state index is -3.56. The molecule has 0 unspecified atom stereocenters. The van der Waals surface area contributed by atoms with Crippen LogP contribution in [0.5, 0.6) is 0 Å². The number of halogens is 1. The third-order valence-corrected chi connectivity index (χ3v) is 9.66. The van der Waals surface area contributed by atoms with Crippen LogP contribution in [-0.4, -0.2) is 67.8 Å². The summed E-state index contributed by atoms with van der Waals surface area (Å²) in [5.41, 5.74) is 2.42. The van der Waals surface area contributed by atoms with Crippen molar-refractivity contribution in [2.45, 2.75) is 38.5 Å². The average Bonchev–Trinajstić information content (AvgIpc) is 3.31. The van der Waals surface area contributed by atoms with Gasteiger partial charge in [0.15, 0.2) is 5.13 Å². The van der Waals surface area contributed by atoms with Gasteiger partial charge >= 0.3 is 0 Å². The fourth-order valence-electron chi connectivity index (χ4n) is 4.28. The molecule has 0 spiro atoms. The number of nitrogens with zero attached hydrogens (tertiary/aromatic N) is 4. The molecule has 1 saturated heterocycles. The highest BCUT2D eigenvalue weighted by Crippen LogP contribution is 2.34. The Balaban J connectivity index is 1.42. The number of sulfonamides is 1. The summed E-state index contributed by atoms with van der Waals surface area (Å²) in [5, 5.41) is 1.66. The maximum Gasteiger partial charge on any atom is 0.253 e. The molecule has 1 amide bonds. The summed E-state index contributed by atoms with van der Waals surface area (Å²) in [6.45, 7) is 9.42. The minimum Gasteiger partial charge on any atom is -0.345 e. The number of carbonyl (C=O) groups excluding carboxylic acids is 1. The lowest BCUT2D eigenvalue weighted by Gasteiger charge is -2.34. The van der Waals surface area contributed by atoms with Crippen LogP contribution in [0, 0.1) is 6.92 Å². The Bertz CT molecular complexity index is 1290. The molecular formula is C25H31ClN4O3S2. The van der Waals surface area contributed by atoms with Crippen LogP contribution in [0.15, 0.2) is 41.3 Å². The van der Waals surface area contributed by atoms with Crippen molar-refractivity contribution in [2.75, 3.05) is 44.2 Å². The first-order chi connectivity index (χ1) is 16.8. The summed E-state index contributed by atoms with van der Waals surface area (Å²) in [5.74, 6) is -0.0838. The summed E-state index contributed by atoms with van der Waals surface area (Å²) < 4.78 is 28.6. The van der Waals surface area contributed by atoms with Gasteiger partial charge in [0.05, 0.1) is 15.1 Å². The van der Waals surface area contributed by atoms with Crippen LogP contribution in [0.1, 0.15) is 42.6 Å². The number of fused-ring (bicyclic) bond motifs is 1. The fraction of sp³-hybridized carbons (Fsp3) is 0.440. The zero-order valence-corrected chi connectivity index (χ0v) is 22.7. The van der Waals surface area contributed by atoms with Crippen LogP contribution in [0.4, 0.5) is 5.13 Å². The SMILES string of the molecule is CCCN(CCC)S(=O)(=O)c1ccc(C(=O)N2CCN(c3nc4c(C)c(Cl)ccc4s3)CC2)cc1. The molecule has 7 nitrogen and oxygen atoms in total. The molecule has 0 aliphatic carbocycles. The van der Waals surface area contributed by atoms with E-state index in [-0.39, 0.29) is 10.8 Å². The maximum atomic E-state index is 13.1. The number of thiazole rings is 1. The second-order valence-electron chi connectivity index (χ2n) is 8.72. The van der Waals surface area contributed by atoms with Crippen LogP contribution in [0.2, 0.25) is 5.02 Å². The smallest absolute Gasteiger partial charge is 0.253 e. The number of rotatable bonds is 8. The van der Waals surface area contributed by atoms with Gasteiger partial charge in [0, 0.05) is 49.9 Å². The van der Waals surface area contributed by atoms with Gasteiger partial charge in [0.2, 0.25) is 10.0 Å². The number of anilines is 1. The molecule has 0 saturated carbocycles. The van der Waals surface area contributed by atoms with E-state index in [1.807, 2.05) is 37.8 Å². The Morgan fingerprint density at radius 3 is 2.26 bits per heavy atom. The first kappa shape index (κ1) is 25.9. The Hall–Kier alpha value is -2.20. The van der Waals surface area contributed by atoms with Gasteiger partial charge in [-0.3, -0.25) is 4.79 Å². The van der Waals surface area contributed by atoms with E-state index < -0.39 is 10.0 Å². The van der Waals surface area contributed by atoms with E-state index >= 15 is 0 Å². The molecule has 188 valence electrons. The first-order valence-electron chi connectivity index (χ1n) is 12.0. The summed E-state index contributed by atoms with van der Waals surface area (Å²) in [6, 6.07) is 10.2. The normalized spacial score (nSPS) is 14.8. The molecule has 0 atom stereocenters. The van der Waals surface area contributed by atoms with Gasteiger partial charge in [-0.15, -0.1) is 0 Å². The number of hydrogen-bond donors (Lipinski definition) is 0. The highest BCUT2D eigenvalue weighted by Gasteiger charge is 2.26. The number of piperazine rings is 1. The van der Waals surface area contributed by atoms with Crippen molar-refractivity contribution >= 4 is 54.2 Å². The Morgan fingerprint density at radius 2 is 1.66 bits per heavy atom. The van der Waals surface area contributed by atoms with Crippen LogP contribution < -0.4 is 4.90 Å². The van der Waals surface area contributed by atoms with E-state index in [0.29, 0.717) is 49.9 Å². The van der Waals surface area contributed by atoms with Crippen molar-refractivity contribution in [1.29, 1.82) is 0 Å². The van der Waals surface area contributed by atoms with Crippen LogP contribution in [0.3, 0.4) is 0 Å². The number of hydrogen-bond acceptors (Lipinski definition) is 6.